The Bertz CT molecular complexity index is 1480. The second-order valence-corrected chi connectivity index (χ2v) is 12.6. The number of carbonyl (C=O) groups excluding carboxylic acids is 1. The van der Waals surface area contributed by atoms with E-state index in [1.54, 1.807) is 18.2 Å². The molecule has 2 atom stereocenters. The third-order valence-electron chi connectivity index (χ3n) is 8.08. The number of nitrogens with one attached hydrogen (secondary N) is 2. The Balaban J connectivity index is 0.00000400. The number of para-hydroxylation sites is 1. The maximum Gasteiger partial charge on any atom is 0.229 e. The number of rotatable bonds is 11. The minimum absolute atomic E-state index is 0. The van der Waals surface area contributed by atoms with Gasteiger partial charge in [-0.05, 0) is 68.6 Å². The number of hydrogen-bond donors (Lipinski definition) is 2. The van der Waals surface area contributed by atoms with Crippen LogP contribution in [0.1, 0.15) is 30.4 Å². The summed E-state index contributed by atoms with van der Waals surface area (Å²) in [7, 11) is 0. The molecule has 2 N–H and O–H groups in total. The van der Waals surface area contributed by atoms with Crippen molar-refractivity contribution < 1.29 is 23.7 Å². The van der Waals surface area contributed by atoms with E-state index in [4.69, 9.17) is 53.8 Å². The first kappa shape index (κ1) is 33.6. The zero-order chi connectivity index (χ0) is 30.6. The van der Waals surface area contributed by atoms with Gasteiger partial charge in [-0.2, -0.15) is 0 Å². The second kappa shape index (κ2) is 15.2. The predicted octanol–water partition coefficient (Wildman–Crippen LogP) is 7.19. The van der Waals surface area contributed by atoms with Crippen molar-refractivity contribution in [2.45, 2.75) is 44.8 Å². The first-order valence-electron chi connectivity index (χ1n) is 15.0. The van der Waals surface area contributed by atoms with Crippen molar-refractivity contribution in [3.8, 4) is 23.0 Å². The van der Waals surface area contributed by atoms with Crippen LogP contribution in [0.2, 0.25) is 15.1 Å². The smallest absolute Gasteiger partial charge is 0.229 e. The minimum atomic E-state index is -0.245. The van der Waals surface area contributed by atoms with E-state index in [2.05, 4.69) is 10.6 Å². The van der Waals surface area contributed by atoms with E-state index in [1.807, 2.05) is 42.2 Å². The highest BCUT2D eigenvalue weighted by Crippen LogP contribution is 2.38. The van der Waals surface area contributed by atoms with Gasteiger partial charge in [0.2, 0.25) is 5.91 Å². The molecule has 45 heavy (non-hydrogen) atoms. The average molecular weight is 697 g/mol. The lowest BCUT2D eigenvalue weighted by atomic mass is 9.91. The van der Waals surface area contributed by atoms with Crippen LogP contribution in [0.3, 0.4) is 0 Å². The number of fused-ring (bicyclic) bond motifs is 1. The Hall–Kier alpha value is -2.75. The molecule has 1 saturated heterocycles. The second-order valence-electron chi connectivity index (χ2n) is 11.4. The van der Waals surface area contributed by atoms with Crippen LogP contribution < -0.4 is 29.6 Å². The number of ether oxygens (including phenoxy) is 4. The van der Waals surface area contributed by atoms with Gasteiger partial charge in [-0.15, -0.1) is 12.4 Å². The molecule has 0 aromatic heterocycles. The first-order chi connectivity index (χ1) is 21.4. The summed E-state index contributed by atoms with van der Waals surface area (Å²) in [4.78, 5) is 16.1. The van der Waals surface area contributed by atoms with Crippen molar-refractivity contribution in [1.29, 1.82) is 0 Å². The van der Waals surface area contributed by atoms with E-state index in [0.717, 1.165) is 54.1 Å². The number of aryl methyl sites for hydroxylation is 1. The largest absolute Gasteiger partial charge is 0.490 e. The highest BCUT2D eigenvalue weighted by atomic mass is 35.5. The fourth-order valence-corrected chi connectivity index (χ4v) is 6.68. The van der Waals surface area contributed by atoms with Crippen LogP contribution in [0.5, 0.6) is 23.0 Å². The summed E-state index contributed by atoms with van der Waals surface area (Å²) in [6.45, 7) is 5.42. The molecule has 3 aliphatic rings. The fourth-order valence-electron chi connectivity index (χ4n) is 5.75. The van der Waals surface area contributed by atoms with Crippen molar-refractivity contribution in [3.63, 3.8) is 0 Å². The Morgan fingerprint density at radius 1 is 0.978 bits per heavy atom. The molecule has 2 aliphatic heterocycles. The SMILES string of the molecule is Cc1cc(Cl)c(OCCOc2ccc(NC3CCNCC3C(=O)N(Cc3cccc4c3OCCO4)C3CC3)c(Cl)c2)c(Cl)c1.Cl. The zero-order valence-electron chi connectivity index (χ0n) is 25.0. The molecule has 1 aliphatic carbocycles. The van der Waals surface area contributed by atoms with E-state index < -0.39 is 0 Å². The standard InChI is InChI=1S/C33H36Cl3N3O5.ClH/c1-20-15-26(35)32(27(36)16-20)44-13-11-41-23-7-8-29(25(34)17-23)38-28-9-10-37-18-24(28)33(40)39(22-5-6-22)19-21-3-2-4-30-31(21)43-14-12-42-30;/h2-4,7-8,15-17,22,24,28,37-38H,5-6,9-14,18-19H2,1H3;1H. The van der Waals surface area contributed by atoms with Gasteiger partial charge in [-0.3, -0.25) is 4.79 Å². The van der Waals surface area contributed by atoms with Crippen molar-refractivity contribution in [2.75, 3.05) is 44.8 Å². The van der Waals surface area contributed by atoms with Crippen LogP contribution in [0.25, 0.3) is 0 Å². The summed E-state index contributed by atoms with van der Waals surface area (Å²) < 4.78 is 23.3. The summed E-state index contributed by atoms with van der Waals surface area (Å²) in [6, 6.07) is 15.2. The molecular weight excluding hydrogens is 660 g/mol. The van der Waals surface area contributed by atoms with Crippen molar-refractivity contribution in [1.82, 2.24) is 10.2 Å². The maximum absolute atomic E-state index is 14.1. The number of amides is 1. The molecule has 3 aromatic carbocycles. The Morgan fingerprint density at radius 2 is 1.73 bits per heavy atom. The van der Waals surface area contributed by atoms with Gasteiger partial charge >= 0.3 is 0 Å². The monoisotopic (exact) mass is 695 g/mol. The van der Waals surface area contributed by atoms with E-state index in [9.17, 15) is 4.79 Å². The van der Waals surface area contributed by atoms with Crippen molar-refractivity contribution >= 4 is 58.8 Å². The Morgan fingerprint density at radius 3 is 2.49 bits per heavy atom. The summed E-state index contributed by atoms with van der Waals surface area (Å²) in [5, 5.41) is 8.43. The van der Waals surface area contributed by atoms with Crippen LogP contribution in [-0.4, -0.2) is 62.4 Å². The van der Waals surface area contributed by atoms with Crippen LogP contribution in [0.4, 0.5) is 5.69 Å². The number of piperidine rings is 1. The number of benzene rings is 3. The molecule has 242 valence electrons. The first-order valence-corrected chi connectivity index (χ1v) is 16.2. The molecule has 2 fully saturated rings. The molecule has 1 amide bonds. The quantitative estimate of drug-likeness (QED) is 0.206. The van der Waals surface area contributed by atoms with Crippen LogP contribution in [0.15, 0.2) is 48.5 Å². The van der Waals surface area contributed by atoms with Gasteiger partial charge in [-0.25, -0.2) is 0 Å². The number of carbonyl (C=O) groups is 1. The normalized spacial score (nSPS) is 18.8. The van der Waals surface area contributed by atoms with Gasteiger partial charge in [0, 0.05) is 36.8 Å². The molecule has 0 bridgehead atoms. The molecule has 8 nitrogen and oxygen atoms in total. The van der Waals surface area contributed by atoms with E-state index in [0.29, 0.717) is 52.9 Å². The van der Waals surface area contributed by atoms with Gasteiger partial charge in [-0.1, -0.05) is 46.9 Å². The zero-order valence-corrected chi connectivity index (χ0v) is 28.0. The topological polar surface area (TPSA) is 81.3 Å². The van der Waals surface area contributed by atoms with Gasteiger partial charge in [0.25, 0.3) is 0 Å². The summed E-state index contributed by atoms with van der Waals surface area (Å²) in [5.74, 6) is 2.43. The number of halogens is 4. The Kier molecular flexibility index (Phi) is 11.4. The van der Waals surface area contributed by atoms with Crippen molar-refractivity contribution in [2.24, 2.45) is 5.92 Å². The van der Waals surface area contributed by atoms with Crippen LogP contribution in [-0.2, 0) is 11.3 Å². The van der Waals surface area contributed by atoms with E-state index in [-0.39, 0.29) is 49.5 Å². The third-order valence-corrected chi connectivity index (χ3v) is 8.96. The molecule has 2 heterocycles. The lowest BCUT2D eigenvalue weighted by Gasteiger charge is -2.36. The number of hydrogen-bond acceptors (Lipinski definition) is 7. The van der Waals surface area contributed by atoms with E-state index in [1.165, 1.54) is 0 Å². The molecular formula is C33H37Cl4N3O5. The van der Waals surface area contributed by atoms with E-state index >= 15 is 0 Å². The molecule has 2 unspecified atom stereocenters. The third kappa shape index (κ3) is 8.16. The van der Waals surface area contributed by atoms with Crippen molar-refractivity contribution in [3.05, 3.63) is 74.7 Å². The molecule has 0 radical (unpaired) electrons. The minimum Gasteiger partial charge on any atom is -0.490 e. The highest BCUT2D eigenvalue weighted by molar-refractivity contribution is 6.37. The molecule has 0 spiro atoms. The van der Waals surface area contributed by atoms with Gasteiger partial charge < -0.3 is 34.5 Å². The van der Waals surface area contributed by atoms with Gasteiger partial charge in [0.1, 0.15) is 32.2 Å². The van der Waals surface area contributed by atoms with Crippen LogP contribution >= 0.6 is 47.2 Å². The lowest BCUT2D eigenvalue weighted by molar-refractivity contribution is -0.137. The average Bonchev–Trinajstić information content (AvgIpc) is 3.86. The summed E-state index contributed by atoms with van der Waals surface area (Å²) in [5.41, 5.74) is 2.70. The number of anilines is 1. The highest BCUT2D eigenvalue weighted by Gasteiger charge is 2.40. The lowest BCUT2D eigenvalue weighted by Crippen LogP contribution is -2.52. The molecule has 12 heteroatoms. The summed E-state index contributed by atoms with van der Waals surface area (Å²) in [6.07, 6.45) is 2.82. The number of nitrogens with zero attached hydrogens (tertiary/aromatic N) is 1. The fraction of sp³-hybridized carbons (Fsp3) is 0.424. The molecule has 3 aromatic rings. The molecule has 1 saturated carbocycles. The molecule has 6 rings (SSSR count). The van der Waals surface area contributed by atoms with Gasteiger partial charge in [0.05, 0.1) is 26.7 Å². The predicted molar refractivity (Wildman–Crippen MR) is 180 cm³/mol. The Labute approximate surface area is 285 Å². The van der Waals surface area contributed by atoms with Crippen LogP contribution in [0, 0.1) is 12.8 Å². The maximum atomic E-state index is 14.1. The summed E-state index contributed by atoms with van der Waals surface area (Å²) >= 11 is 19.2. The van der Waals surface area contributed by atoms with Gasteiger partial charge in [0.15, 0.2) is 17.2 Å².